The Morgan fingerprint density at radius 3 is 2.73 bits per heavy atom. The van der Waals surface area contributed by atoms with Crippen molar-refractivity contribution in [1.82, 2.24) is 4.90 Å². The van der Waals surface area contributed by atoms with Crippen molar-refractivity contribution in [1.29, 1.82) is 0 Å². The van der Waals surface area contributed by atoms with Gasteiger partial charge < -0.3 is 19.1 Å². The number of ether oxygens (including phenoxy) is 3. The summed E-state index contributed by atoms with van der Waals surface area (Å²) in [5, 5.41) is 0.427. The van der Waals surface area contributed by atoms with Crippen molar-refractivity contribution >= 4 is 35.3 Å². The highest BCUT2D eigenvalue weighted by Crippen LogP contribution is 2.42. The molecule has 33 heavy (non-hydrogen) atoms. The molecule has 1 atom stereocenters. The van der Waals surface area contributed by atoms with E-state index in [0.29, 0.717) is 34.9 Å². The Hall–Kier alpha value is -3.32. The van der Waals surface area contributed by atoms with Gasteiger partial charge in [-0.1, -0.05) is 35.9 Å². The minimum absolute atomic E-state index is 0.0632. The first-order valence-electron chi connectivity index (χ1n) is 10.7. The Morgan fingerprint density at radius 2 is 1.94 bits per heavy atom. The van der Waals surface area contributed by atoms with Crippen molar-refractivity contribution in [3.8, 4) is 11.5 Å². The van der Waals surface area contributed by atoms with Gasteiger partial charge >= 0.3 is 5.97 Å². The summed E-state index contributed by atoms with van der Waals surface area (Å²) in [7, 11) is 1.56. The van der Waals surface area contributed by atoms with E-state index in [1.165, 1.54) is 11.0 Å². The van der Waals surface area contributed by atoms with Crippen LogP contribution in [0.15, 0.2) is 48.5 Å². The summed E-state index contributed by atoms with van der Waals surface area (Å²) in [6, 6.07) is 12.3. The molecule has 1 saturated carbocycles. The van der Waals surface area contributed by atoms with Crippen molar-refractivity contribution in [2.75, 3.05) is 20.4 Å². The highest BCUT2D eigenvalue weighted by atomic mass is 35.5. The fraction of sp³-hybridized carbons (Fsp3) is 0.320. The van der Waals surface area contributed by atoms with Crippen molar-refractivity contribution in [2.45, 2.75) is 31.2 Å². The topological polar surface area (TPSA) is 82.1 Å². The summed E-state index contributed by atoms with van der Waals surface area (Å²) in [6.45, 7) is -0.321. The number of esters is 1. The van der Waals surface area contributed by atoms with Crippen molar-refractivity contribution in [3.63, 3.8) is 0 Å². The summed E-state index contributed by atoms with van der Waals surface area (Å²) in [6.07, 6.45) is 5.19. The number of nitrogens with zero attached hydrogens (tertiary/aromatic N) is 1. The van der Waals surface area contributed by atoms with E-state index in [1.807, 2.05) is 0 Å². The standard InChI is InChI=1S/C25H24ClNO6/c1-27(25(13-5-4-8-22(25)28)18-6-2-3-7-19(18)26)23(29)15-31-24(30)12-10-17-9-11-20-21(14-17)33-16-32-20/h2-3,6-7,9-12,14H,4-5,8,13,15-16H2,1H3/b12-10+/t25-/m1/s1. The molecule has 1 aliphatic heterocycles. The average molecular weight is 470 g/mol. The molecule has 1 amide bonds. The van der Waals surface area contributed by atoms with Crippen LogP contribution in [-0.2, 0) is 24.7 Å². The zero-order chi connectivity index (χ0) is 23.4. The van der Waals surface area contributed by atoms with Crippen LogP contribution in [0.25, 0.3) is 6.08 Å². The molecule has 8 heteroatoms. The van der Waals surface area contributed by atoms with Crippen LogP contribution in [0, 0.1) is 0 Å². The van der Waals surface area contributed by atoms with E-state index in [4.69, 9.17) is 25.8 Å². The number of rotatable bonds is 6. The zero-order valence-corrected chi connectivity index (χ0v) is 19.0. The predicted octanol–water partition coefficient (Wildman–Crippen LogP) is 4.12. The maximum absolute atomic E-state index is 13.1. The molecule has 0 aromatic heterocycles. The quantitative estimate of drug-likeness (QED) is 0.467. The van der Waals surface area contributed by atoms with E-state index in [0.717, 1.165) is 18.4 Å². The highest BCUT2D eigenvalue weighted by molar-refractivity contribution is 6.31. The molecule has 0 unspecified atom stereocenters. The molecular formula is C25H24ClNO6. The maximum Gasteiger partial charge on any atom is 0.331 e. The maximum atomic E-state index is 13.1. The van der Waals surface area contributed by atoms with Crippen LogP contribution in [0.5, 0.6) is 11.5 Å². The monoisotopic (exact) mass is 469 g/mol. The normalized spacial score (nSPS) is 19.5. The number of hydrogen-bond acceptors (Lipinski definition) is 6. The van der Waals surface area contributed by atoms with Crippen LogP contribution in [0.2, 0.25) is 5.02 Å². The lowest BCUT2D eigenvalue weighted by Crippen LogP contribution is -2.55. The van der Waals surface area contributed by atoms with E-state index in [2.05, 4.69) is 0 Å². The SMILES string of the molecule is CN(C(=O)COC(=O)/C=C/c1ccc2c(c1)OCO2)[C@@]1(c2ccccc2Cl)CCCCC1=O. The molecule has 1 heterocycles. The van der Waals surface area contributed by atoms with Crippen LogP contribution in [0.4, 0.5) is 0 Å². The molecule has 0 N–H and O–H groups in total. The van der Waals surface area contributed by atoms with Crippen molar-refractivity contribution < 1.29 is 28.6 Å². The molecule has 1 fully saturated rings. The van der Waals surface area contributed by atoms with E-state index in [1.54, 1.807) is 55.6 Å². The molecule has 0 bridgehead atoms. The second-order valence-corrected chi connectivity index (χ2v) is 8.38. The van der Waals surface area contributed by atoms with Gasteiger partial charge in [0.1, 0.15) is 5.54 Å². The number of halogens is 1. The van der Waals surface area contributed by atoms with Gasteiger partial charge in [0.25, 0.3) is 5.91 Å². The number of fused-ring (bicyclic) bond motifs is 1. The second-order valence-electron chi connectivity index (χ2n) is 7.98. The molecule has 7 nitrogen and oxygen atoms in total. The number of ketones is 1. The zero-order valence-electron chi connectivity index (χ0n) is 18.2. The van der Waals surface area contributed by atoms with E-state index < -0.39 is 24.0 Å². The highest BCUT2D eigenvalue weighted by Gasteiger charge is 2.47. The number of carbonyl (C=O) groups excluding carboxylic acids is 3. The molecule has 0 radical (unpaired) electrons. The van der Waals surface area contributed by atoms with E-state index >= 15 is 0 Å². The van der Waals surface area contributed by atoms with Crippen LogP contribution in [0.1, 0.15) is 36.8 Å². The smallest absolute Gasteiger partial charge is 0.331 e. The average Bonchev–Trinajstić information content (AvgIpc) is 3.29. The number of likely N-dealkylation sites (N-methyl/N-ethyl adjacent to an activating group) is 1. The first-order chi connectivity index (χ1) is 15.9. The number of Topliss-reactive ketones (excluding diaryl/α,β-unsaturated/α-hetero) is 1. The van der Waals surface area contributed by atoms with E-state index in [9.17, 15) is 14.4 Å². The summed E-state index contributed by atoms with van der Waals surface area (Å²) in [5.74, 6) is 0.0373. The Morgan fingerprint density at radius 1 is 1.15 bits per heavy atom. The first kappa shape index (κ1) is 22.9. The third-order valence-corrected chi connectivity index (χ3v) is 6.40. The third kappa shape index (κ3) is 4.59. The minimum atomic E-state index is -1.16. The Labute approximate surface area is 196 Å². The molecule has 2 aromatic rings. The van der Waals surface area contributed by atoms with Gasteiger partial charge in [-0.15, -0.1) is 0 Å². The Kier molecular flexibility index (Phi) is 6.70. The third-order valence-electron chi connectivity index (χ3n) is 6.07. The molecular weight excluding hydrogens is 446 g/mol. The summed E-state index contributed by atoms with van der Waals surface area (Å²) < 4.78 is 15.7. The molecule has 1 aliphatic carbocycles. The van der Waals surface area contributed by atoms with Gasteiger partial charge in [0, 0.05) is 30.1 Å². The second kappa shape index (κ2) is 9.67. The van der Waals surface area contributed by atoms with Gasteiger partial charge in [0.15, 0.2) is 23.9 Å². The van der Waals surface area contributed by atoms with Gasteiger partial charge in [-0.3, -0.25) is 9.59 Å². The molecule has 2 aromatic carbocycles. The van der Waals surface area contributed by atoms with Crippen molar-refractivity contribution in [3.05, 3.63) is 64.7 Å². The van der Waals surface area contributed by atoms with Crippen LogP contribution in [-0.4, -0.2) is 43.0 Å². The van der Waals surface area contributed by atoms with Gasteiger partial charge in [0.2, 0.25) is 6.79 Å². The Balaban J connectivity index is 1.44. The molecule has 172 valence electrons. The minimum Gasteiger partial charge on any atom is -0.454 e. The molecule has 0 spiro atoms. The lowest BCUT2D eigenvalue weighted by Gasteiger charge is -2.43. The van der Waals surface area contributed by atoms with Crippen LogP contribution < -0.4 is 9.47 Å². The predicted molar refractivity (Wildman–Crippen MR) is 122 cm³/mol. The molecule has 4 rings (SSSR count). The first-order valence-corrected chi connectivity index (χ1v) is 11.1. The molecule has 2 aliphatic rings. The fourth-order valence-electron chi connectivity index (χ4n) is 4.30. The summed E-state index contributed by atoms with van der Waals surface area (Å²) >= 11 is 6.42. The lowest BCUT2D eigenvalue weighted by molar-refractivity contribution is -0.155. The summed E-state index contributed by atoms with van der Waals surface area (Å²) in [5.41, 5.74) is 0.161. The number of benzene rings is 2. The number of amides is 1. The summed E-state index contributed by atoms with van der Waals surface area (Å²) in [4.78, 5) is 39.7. The van der Waals surface area contributed by atoms with Gasteiger partial charge in [-0.2, -0.15) is 0 Å². The van der Waals surface area contributed by atoms with Crippen LogP contribution in [0.3, 0.4) is 0 Å². The van der Waals surface area contributed by atoms with Gasteiger partial charge in [-0.25, -0.2) is 4.79 Å². The number of hydrogen-bond donors (Lipinski definition) is 0. The van der Waals surface area contributed by atoms with E-state index in [-0.39, 0.29) is 12.6 Å². The fourth-order valence-corrected chi connectivity index (χ4v) is 4.59. The number of carbonyl (C=O) groups is 3. The van der Waals surface area contributed by atoms with Gasteiger partial charge in [0.05, 0.1) is 0 Å². The largest absolute Gasteiger partial charge is 0.454 e. The lowest BCUT2D eigenvalue weighted by atomic mass is 9.74. The molecule has 0 saturated heterocycles. The van der Waals surface area contributed by atoms with Crippen LogP contribution >= 0.6 is 11.6 Å². The van der Waals surface area contributed by atoms with Crippen molar-refractivity contribution in [2.24, 2.45) is 0 Å². The Bertz CT molecular complexity index is 1110. The van der Waals surface area contributed by atoms with Gasteiger partial charge in [-0.05, 0) is 49.1 Å².